The first kappa shape index (κ1) is 13.5. The molecule has 6 heteroatoms. The summed E-state index contributed by atoms with van der Waals surface area (Å²) in [5, 5.41) is 2.42. The Morgan fingerprint density at radius 3 is 3.21 bits per heavy atom. The van der Waals surface area contributed by atoms with Crippen LogP contribution in [-0.4, -0.2) is 22.1 Å². The first-order valence-electron chi connectivity index (χ1n) is 5.92. The fourth-order valence-electron chi connectivity index (χ4n) is 1.57. The molecule has 0 aliphatic heterocycles. The van der Waals surface area contributed by atoms with Gasteiger partial charge in [-0.1, -0.05) is 12.2 Å². The summed E-state index contributed by atoms with van der Waals surface area (Å²) in [6.45, 7) is 2.41. The van der Waals surface area contributed by atoms with Gasteiger partial charge < -0.3 is 4.74 Å². The second-order valence-corrected chi connectivity index (χ2v) is 4.78. The van der Waals surface area contributed by atoms with Gasteiger partial charge in [0.1, 0.15) is 11.4 Å². The van der Waals surface area contributed by atoms with Crippen molar-refractivity contribution in [3.63, 3.8) is 0 Å². The predicted molar refractivity (Wildman–Crippen MR) is 74.3 cm³/mol. The van der Waals surface area contributed by atoms with Crippen LogP contribution in [0.3, 0.4) is 0 Å². The lowest BCUT2D eigenvalue weighted by Gasteiger charge is -2.05. The molecule has 0 spiro atoms. The zero-order chi connectivity index (χ0) is 13.7. The van der Waals surface area contributed by atoms with E-state index in [2.05, 4.69) is 4.98 Å². The van der Waals surface area contributed by atoms with Crippen LogP contribution >= 0.6 is 11.3 Å². The third-order valence-electron chi connectivity index (χ3n) is 2.58. The summed E-state index contributed by atoms with van der Waals surface area (Å²) in [5.74, 6) is -0.324. The fourth-order valence-corrected chi connectivity index (χ4v) is 2.30. The van der Waals surface area contributed by atoms with Crippen LogP contribution in [0.15, 0.2) is 34.7 Å². The number of esters is 1. The van der Waals surface area contributed by atoms with E-state index in [-0.39, 0.29) is 31.1 Å². The van der Waals surface area contributed by atoms with Crippen LogP contribution in [0, 0.1) is 0 Å². The monoisotopic (exact) mass is 278 g/mol. The molecule has 0 unspecified atom stereocenters. The number of allylic oxidation sites excluding steroid dienone is 1. The van der Waals surface area contributed by atoms with Crippen molar-refractivity contribution in [1.82, 2.24) is 9.55 Å². The van der Waals surface area contributed by atoms with E-state index in [0.29, 0.717) is 5.39 Å². The summed E-state index contributed by atoms with van der Waals surface area (Å²) in [5.41, 5.74) is -0.118. The number of hydrogen-bond acceptors (Lipinski definition) is 5. The second kappa shape index (κ2) is 6.29. The number of rotatable bonds is 5. The van der Waals surface area contributed by atoms with Gasteiger partial charge >= 0.3 is 5.97 Å². The number of thiophene rings is 1. The summed E-state index contributed by atoms with van der Waals surface area (Å²) >= 11 is 1.42. The molecule has 2 aromatic rings. The maximum Gasteiger partial charge on any atom is 0.307 e. The fraction of sp³-hybridized carbons (Fsp3) is 0.308. The van der Waals surface area contributed by atoms with E-state index < -0.39 is 0 Å². The van der Waals surface area contributed by atoms with Crippen molar-refractivity contribution in [2.24, 2.45) is 0 Å². The molecule has 0 aliphatic carbocycles. The number of aryl methyl sites for hydroxylation is 1. The third-order valence-corrected chi connectivity index (χ3v) is 3.40. The highest BCUT2D eigenvalue weighted by atomic mass is 32.1. The standard InChI is InChI=1S/C13H14N2O3S/c1-2-3-7-18-11(16)4-6-15-9-14-12-10(13(15)17)5-8-19-12/h2-3,5,8-9H,4,6-7H2,1H3/b3-2+. The SMILES string of the molecule is C/C=C/COC(=O)CCn1cnc2sccc2c1=O. The van der Waals surface area contributed by atoms with Gasteiger partial charge in [-0.25, -0.2) is 4.98 Å². The lowest BCUT2D eigenvalue weighted by Crippen LogP contribution is -2.21. The van der Waals surface area contributed by atoms with Crippen LogP contribution in [0.25, 0.3) is 10.2 Å². The highest BCUT2D eigenvalue weighted by molar-refractivity contribution is 7.16. The molecule has 0 aromatic carbocycles. The number of hydrogen-bond donors (Lipinski definition) is 0. The zero-order valence-corrected chi connectivity index (χ0v) is 11.4. The maximum absolute atomic E-state index is 12.0. The topological polar surface area (TPSA) is 61.2 Å². The number of carbonyl (C=O) groups excluding carboxylic acids is 1. The molecular weight excluding hydrogens is 264 g/mol. The van der Waals surface area contributed by atoms with Crippen LogP contribution in [-0.2, 0) is 16.1 Å². The second-order valence-electron chi connectivity index (χ2n) is 3.88. The molecule has 0 N–H and O–H groups in total. The Morgan fingerprint density at radius 1 is 1.58 bits per heavy atom. The average molecular weight is 278 g/mol. The van der Waals surface area contributed by atoms with Gasteiger partial charge in [0.2, 0.25) is 0 Å². The van der Waals surface area contributed by atoms with Crippen LogP contribution in [0.4, 0.5) is 0 Å². The predicted octanol–water partition coefficient (Wildman–Crippen LogP) is 1.97. The molecule has 5 nitrogen and oxygen atoms in total. The Balaban J connectivity index is 2.00. The van der Waals surface area contributed by atoms with E-state index in [9.17, 15) is 9.59 Å². The highest BCUT2D eigenvalue weighted by Crippen LogP contribution is 2.13. The van der Waals surface area contributed by atoms with E-state index in [1.165, 1.54) is 22.2 Å². The molecule has 0 saturated heterocycles. The molecule has 2 rings (SSSR count). The number of carbonyl (C=O) groups is 1. The minimum Gasteiger partial charge on any atom is -0.461 e. The van der Waals surface area contributed by atoms with E-state index >= 15 is 0 Å². The zero-order valence-electron chi connectivity index (χ0n) is 10.5. The Morgan fingerprint density at radius 2 is 2.42 bits per heavy atom. The average Bonchev–Trinajstić information content (AvgIpc) is 2.87. The number of aromatic nitrogens is 2. The molecule has 0 atom stereocenters. The molecule has 19 heavy (non-hydrogen) atoms. The van der Waals surface area contributed by atoms with E-state index in [0.717, 1.165) is 4.83 Å². The van der Waals surface area contributed by atoms with Gasteiger partial charge in [0.25, 0.3) is 5.56 Å². The lowest BCUT2D eigenvalue weighted by molar-refractivity contribution is -0.142. The van der Waals surface area contributed by atoms with Gasteiger partial charge in [-0.3, -0.25) is 14.2 Å². The summed E-state index contributed by atoms with van der Waals surface area (Å²) in [6, 6.07) is 1.75. The molecular formula is C13H14N2O3S. The van der Waals surface area contributed by atoms with Crippen molar-refractivity contribution in [2.75, 3.05) is 6.61 Å². The summed E-state index contributed by atoms with van der Waals surface area (Å²) in [6.07, 6.45) is 5.20. The van der Waals surface area contributed by atoms with Crippen molar-refractivity contribution in [3.05, 3.63) is 40.3 Å². The Kier molecular flexibility index (Phi) is 4.46. The summed E-state index contributed by atoms with van der Waals surface area (Å²) in [7, 11) is 0. The Labute approximate surface area is 114 Å². The van der Waals surface area contributed by atoms with Crippen LogP contribution in [0.2, 0.25) is 0 Å². The Hall–Kier alpha value is -1.95. The van der Waals surface area contributed by atoms with Gasteiger partial charge in [-0.15, -0.1) is 11.3 Å². The molecule has 0 fully saturated rings. The lowest BCUT2D eigenvalue weighted by atomic mass is 10.4. The summed E-state index contributed by atoms with van der Waals surface area (Å²) < 4.78 is 6.39. The van der Waals surface area contributed by atoms with Crippen LogP contribution < -0.4 is 5.56 Å². The quantitative estimate of drug-likeness (QED) is 0.619. The molecule has 0 saturated carbocycles. The van der Waals surface area contributed by atoms with E-state index in [4.69, 9.17) is 4.74 Å². The molecule has 2 aromatic heterocycles. The van der Waals surface area contributed by atoms with Crippen molar-refractivity contribution in [3.8, 4) is 0 Å². The largest absolute Gasteiger partial charge is 0.461 e. The van der Waals surface area contributed by atoms with Gasteiger partial charge in [-0.05, 0) is 18.4 Å². The van der Waals surface area contributed by atoms with Crippen LogP contribution in [0.5, 0.6) is 0 Å². The number of ether oxygens (including phenoxy) is 1. The van der Waals surface area contributed by atoms with Crippen molar-refractivity contribution >= 4 is 27.5 Å². The van der Waals surface area contributed by atoms with Crippen molar-refractivity contribution < 1.29 is 9.53 Å². The van der Waals surface area contributed by atoms with Gasteiger partial charge in [0, 0.05) is 6.54 Å². The first-order chi connectivity index (χ1) is 9.22. The minimum absolute atomic E-state index is 0.118. The smallest absolute Gasteiger partial charge is 0.307 e. The molecule has 0 radical (unpaired) electrons. The van der Waals surface area contributed by atoms with E-state index in [1.807, 2.05) is 18.4 Å². The Bertz CT molecular complexity index is 657. The van der Waals surface area contributed by atoms with Crippen molar-refractivity contribution in [2.45, 2.75) is 19.9 Å². The van der Waals surface area contributed by atoms with Crippen molar-refractivity contribution in [1.29, 1.82) is 0 Å². The number of fused-ring (bicyclic) bond motifs is 1. The molecule has 100 valence electrons. The highest BCUT2D eigenvalue weighted by Gasteiger charge is 2.07. The van der Waals surface area contributed by atoms with Gasteiger partial charge in [-0.2, -0.15) is 0 Å². The molecule has 0 aliphatic rings. The molecule has 0 amide bonds. The summed E-state index contributed by atoms with van der Waals surface area (Å²) in [4.78, 5) is 28.3. The molecule has 2 heterocycles. The van der Waals surface area contributed by atoms with Crippen LogP contribution in [0.1, 0.15) is 13.3 Å². The first-order valence-corrected chi connectivity index (χ1v) is 6.79. The van der Waals surface area contributed by atoms with Gasteiger partial charge in [0.05, 0.1) is 18.1 Å². The van der Waals surface area contributed by atoms with Gasteiger partial charge in [0.15, 0.2) is 0 Å². The third kappa shape index (κ3) is 3.29. The maximum atomic E-state index is 12.0. The number of nitrogens with zero attached hydrogens (tertiary/aromatic N) is 2. The minimum atomic E-state index is -0.324. The normalized spacial score (nSPS) is 11.2. The molecule has 0 bridgehead atoms. The van der Waals surface area contributed by atoms with E-state index in [1.54, 1.807) is 12.1 Å².